The fraction of sp³-hybridized carbons (Fsp3) is 0.350. The second-order valence-corrected chi connectivity index (χ2v) is 9.07. The highest BCUT2D eigenvalue weighted by Gasteiger charge is 2.28. The van der Waals surface area contributed by atoms with Crippen molar-refractivity contribution in [2.75, 3.05) is 18.2 Å². The number of ether oxygens (including phenoxy) is 1. The Morgan fingerprint density at radius 3 is 2.71 bits per heavy atom. The molecule has 0 bridgehead atoms. The summed E-state index contributed by atoms with van der Waals surface area (Å²) in [5.41, 5.74) is 10.1. The SMILES string of the molecule is COC(=O)c1c(NC(=O)c2sc3nc(C)cc(C)c3c2N)sc2c1CCCC2. The number of hydrogen-bond donors (Lipinski definition) is 2. The number of anilines is 2. The van der Waals surface area contributed by atoms with Gasteiger partial charge in [0.1, 0.15) is 14.7 Å². The van der Waals surface area contributed by atoms with Crippen molar-refractivity contribution >= 4 is 55.5 Å². The van der Waals surface area contributed by atoms with E-state index in [2.05, 4.69) is 10.3 Å². The molecule has 0 atom stereocenters. The number of nitrogens with two attached hydrogens (primary N) is 1. The Hall–Kier alpha value is -2.45. The van der Waals surface area contributed by atoms with Crippen LogP contribution in [0.5, 0.6) is 0 Å². The van der Waals surface area contributed by atoms with Gasteiger partial charge in [0.25, 0.3) is 5.91 Å². The van der Waals surface area contributed by atoms with Gasteiger partial charge in [-0.25, -0.2) is 9.78 Å². The first kappa shape index (κ1) is 18.9. The van der Waals surface area contributed by atoms with E-state index in [1.54, 1.807) is 0 Å². The molecule has 3 aromatic rings. The number of carbonyl (C=O) groups is 2. The van der Waals surface area contributed by atoms with E-state index in [0.717, 1.165) is 57.6 Å². The van der Waals surface area contributed by atoms with Gasteiger partial charge in [-0.05, 0) is 56.7 Å². The molecule has 1 aliphatic carbocycles. The Kier molecular flexibility index (Phi) is 4.84. The minimum Gasteiger partial charge on any atom is -0.465 e. The largest absolute Gasteiger partial charge is 0.465 e. The standard InChI is InChI=1S/C20H21N3O3S2/c1-9-8-10(2)22-18-13(9)15(21)16(28-18)17(24)23-19-14(20(25)26-3)11-6-4-5-7-12(11)27-19/h8H,4-7,21H2,1-3H3,(H,23,24). The number of esters is 1. The van der Waals surface area contributed by atoms with Crippen LogP contribution in [0.2, 0.25) is 0 Å². The Bertz CT molecular complexity index is 1110. The van der Waals surface area contributed by atoms with Crippen LogP contribution in [0.25, 0.3) is 10.2 Å². The number of hydrogen-bond acceptors (Lipinski definition) is 7. The van der Waals surface area contributed by atoms with Crippen LogP contribution in [-0.4, -0.2) is 24.0 Å². The van der Waals surface area contributed by atoms with Crippen molar-refractivity contribution in [1.82, 2.24) is 4.98 Å². The van der Waals surface area contributed by atoms with Crippen molar-refractivity contribution in [2.45, 2.75) is 39.5 Å². The molecule has 0 aliphatic heterocycles. The molecule has 1 amide bonds. The van der Waals surface area contributed by atoms with E-state index in [-0.39, 0.29) is 5.91 Å². The van der Waals surface area contributed by atoms with Crippen molar-refractivity contribution < 1.29 is 14.3 Å². The summed E-state index contributed by atoms with van der Waals surface area (Å²) in [6.45, 7) is 3.88. The summed E-state index contributed by atoms with van der Waals surface area (Å²) in [6.07, 6.45) is 3.89. The number of fused-ring (bicyclic) bond motifs is 2. The molecule has 6 nitrogen and oxygen atoms in total. The quantitative estimate of drug-likeness (QED) is 0.615. The van der Waals surface area contributed by atoms with Crippen LogP contribution in [0, 0.1) is 13.8 Å². The fourth-order valence-electron chi connectivity index (χ4n) is 3.77. The molecule has 4 rings (SSSR count). The number of carbonyl (C=O) groups excluding carboxylic acids is 2. The van der Waals surface area contributed by atoms with Crippen LogP contribution in [0.4, 0.5) is 10.7 Å². The van der Waals surface area contributed by atoms with Crippen molar-refractivity contribution in [3.05, 3.63) is 38.2 Å². The summed E-state index contributed by atoms with van der Waals surface area (Å²) in [4.78, 5) is 32.2. The number of rotatable bonds is 3. The van der Waals surface area contributed by atoms with E-state index in [1.165, 1.54) is 29.8 Å². The van der Waals surface area contributed by atoms with E-state index in [4.69, 9.17) is 10.5 Å². The highest BCUT2D eigenvalue weighted by molar-refractivity contribution is 7.21. The monoisotopic (exact) mass is 415 g/mol. The Morgan fingerprint density at radius 2 is 1.96 bits per heavy atom. The molecule has 0 aromatic carbocycles. The molecule has 8 heteroatoms. The summed E-state index contributed by atoms with van der Waals surface area (Å²) in [5.74, 6) is -0.728. The number of aryl methyl sites for hydroxylation is 3. The highest BCUT2D eigenvalue weighted by atomic mass is 32.1. The van der Waals surface area contributed by atoms with Gasteiger partial charge >= 0.3 is 5.97 Å². The van der Waals surface area contributed by atoms with E-state index >= 15 is 0 Å². The maximum Gasteiger partial charge on any atom is 0.341 e. The van der Waals surface area contributed by atoms with Gasteiger partial charge in [0.15, 0.2) is 0 Å². The van der Waals surface area contributed by atoms with Crippen molar-refractivity contribution in [3.8, 4) is 0 Å². The normalized spacial score (nSPS) is 13.4. The number of nitrogens with one attached hydrogen (secondary N) is 1. The lowest BCUT2D eigenvalue weighted by Crippen LogP contribution is -2.15. The average Bonchev–Trinajstić information content (AvgIpc) is 3.18. The van der Waals surface area contributed by atoms with Crippen LogP contribution in [0.3, 0.4) is 0 Å². The zero-order chi connectivity index (χ0) is 20.0. The fourth-order valence-corrected chi connectivity index (χ4v) is 6.15. The van der Waals surface area contributed by atoms with Crippen LogP contribution in [0.1, 0.15) is 54.6 Å². The molecule has 0 fully saturated rings. The third-order valence-corrected chi connectivity index (χ3v) is 7.32. The maximum atomic E-state index is 13.0. The first-order chi connectivity index (χ1) is 13.4. The van der Waals surface area contributed by atoms with Gasteiger partial charge in [0, 0.05) is 16.0 Å². The topological polar surface area (TPSA) is 94.3 Å². The van der Waals surface area contributed by atoms with E-state index in [9.17, 15) is 9.59 Å². The van der Waals surface area contributed by atoms with Gasteiger partial charge in [-0.15, -0.1) is 22.7 Å². The molecule has 0 unspecified atom stereocenters. The predicted octanol–water partition coefficient (Wildman–Crippen LogP) is 4.47. The summed E-state index contributed by atoms with van der Waals surface area (Å²) in [5, 5.41) is 4.28. The number of methoxy groups -OCH3 is 1. The first-order valence-corrected chi connectivity index (χ1v) is 10.7. The van der Waals surface area contributed by atoms with Crippen LogP contribution in [0.15, 0.2) is 6.07 Å². The van der Waals surface area contributed by atoms with Gasteiger partial charge < -0.3 is 15.8 Å². The summed E-state index contributed by atoms with van der Waals surface area (Å²) in [6, 6.07) is 1.95. The molecular weight excluding hydrogens is 394 g/mol. The molecule has 3 heterocycles. The number of nitrogen functional groups attached to an aromatic ring is 1. The third kappa shape index (κ3) is 3.06. The number of thiophene rings is 2. The smallest absolute Gasteiger partial charge is 0.341 e. The summed E-state index contributed by atoms with van der Waals surface area (Å²) in [7, 11) is 1.36. The molecule has 3 N–H and O–H groups in total. The molecule has 0 saturated heterocycles. The number of aromatic nitrogens is 1. The Morgan fingerprint density at radius 1 is 1.21 bits per heavy atom. The van der Waals surface area contributed by atoms with Gasteiger partial charge in [-0.1, -0.05) is 0 Å². The predicted molar refractivity (Wildman–Crippen MR) is 114 cm³/mol. The molecule has 146 valence electrons. The van der Waals surface area contributed by atoms with Crippen molar-refractivity contribution in [1.29, 1.82) is 0 Å². The second-order valence-electron chi connectivity index (χ2n) is 6.97. The van der Waals surface area contributed by atoms with Crippen molar-refractivity contribution in [2.24, 2.45) is 0 Å². The zero-order valence-electron chi connectivity index (χ0n) is 16.0. The van der Waals surface area contributed by atoms with Gasteiger partial charge in [-0.2, -0.15) is 0 Å². The molecule has 1 aliphatic rings. The first-order valence-electron chi connectivity index (χ1n) is 9.11. The molecule has 0 spiro atoms. The van der Waals surface area contributed by atoms with Gasteiger partial charge in [0.05, 0.1) is 18.4 Å². The molecule has 0 radical (unpaired) electrons. The van der Waals surface area contributed by atoms with E-state index < -0.39 is 5.97 Å². The Labute approximate surface area is 170 Å². The lowest BCUT2D eigenvalue weighted by Gasteiger charge is -2.11. The summed E-state index contributed by atoms with van der Waals surface area (Å²) >= 11 is 2.74. The summed E-state index contributed by atoms with van der Waals surface area (Å²) < 4.78 is 4.97. The lowest BCUT2D eigenvalue weighted by molar-refractivity contribution is 0.0601. The van der Waals surface area contributed by atoms with E-state index in [1.807, 2.05) is 19.9 Å². The molecule has 0 saturated carbocycles. The average molecular weight is 416 g/mol. The van der Waals surface area contributed by atoms with Gasteiger partial charge in [0.2, 0.25) is 0 Å². The van der Waals surface area contributed by atoms with Gasteiger partial charge in [-0.3, -0.25) is 4.79 Å². The number of pyridine rings is 1. The maximum absolute atomic E-state index is 13.0. The minimum absolute atomic E-state index is 0.318. The molecule has 3 aromatic heterocycles. The number of amides is 1. The van der Waals surface area contributed by atoms with Crippen LogP contribution < -0.4 is 11.1 Å². The minimum atomic E-state index is -0.410. The van der Waals surface area contributed by atoms with E-state index in [0.29, 0.717) is 21.1 Å². The molecular formula is C20H21N3O3S2. The Balaban J connectivity index is 1.74. The van der Waals surface area contributed by atoms with Crippen LogP contribution >= 0.6 is 22.7 Å². The molecule has 28 heavy (non-hydrogen) atoms. The van der Waals surface area contributed by atoms with Crippen LogP contribution in [-0.2, 0) is 17.6 Å². The van der Waals surface area contributed by atoms with Crippen molar-refractivity contribution in [3.63, 3.8) is 0 Å². The highest BCUT2D eigenvalue weighted by Crippen LogP contribution is 2.40. The zero-order valence-corrected chi connectivity index (χ0v) is 17.6. The number of nitrogens with zero attached hydrogens (tertiary/aromatic N) is 1. The lowest BCUT2D eigenvalue weighted by atomic mass is 9.95. The second kappa shape index (κ2) is 7.18. The third-order valence-electron chi connectivity index (χ3n) is 5.02.